The number of ether oxygens (including phenoxy) is 2. The van der Waals surface area contributed by atoms with Crippen LogP contribution in [0.2, 0.25) is 0 Å². The minimum Gasteiger partial charge on any atom is -0.486 e. The van der Waals surface area contributed by atoms with Gasteiger partial charge in [0.25, 0.3) is 0 Å². The quantitative estimate of drug-likeness (QED) is 0.821. The van der Waals surface area contributed by atoms with Gasteiger partial charge in [0.2, 0.25) is 0 Å². The highest BCUT2D eigenvalue weighted by atomic mass is 16.6. The maximum atomic E-state index is 10.4. The van der Waals surface area contributed by atoms with Crippen molar-refractivity contribution < 1.29 is 14.6 Å². The summed E-state index contributed by atoms with van der Waals surface area (Å²) in [6.45, 7) is 3.01. The molecule has 3 rings (SSSR count). The third-order valence-corrected chi connectivity index (χ3v) is 4.34. The number of rotatable bonds is 7. The molecule has 2 aromatic carbocycles. The van der Waals surface area contributed by atoms with Crippen LogP contribution in [0.4, 0.5) is 0 Å². The van der Waals surface area contributed by atoms with E-state index in [0.717, 1.165) is 18.6 Å². The molecule has 1 aliphatic rings. The Morgan fingerprint density at radius 2 is 1.79 bits per heavy atom. The smallest absolute Gasteiger partial charge is 0.161 e. The maximum absolute atomic E-state index is 10.4. The fraction of sp³-hybridized carbons (Fsp3) is 0.400. The maximum Gasteiger partial charge on any atom is 0.161 e. The Morgan fingerprint density at radius 1 is 1.08 bits per heavy atom. The summed E-state index contributed by atoms with van der Waals surface area (Å²) in [7, 11) is 0. The normalized spacial score (nSPS) is 18.8. The lowest BCUT2D eigenvalue weighted by Crippen LogP contribution is -2.46. The van der Waals surface area contributed by atoms with E-state index in [1.165, 1.54) is 5.56 Å². The number of aliphatic hydroxyl groups excluding tert-OH is 1. The Kier molecular flexibility index (Phi) is 5.72. The first-order valence-corrected chi connectivity index (χ1v) is 8.56. The summed E-state index contributed by atoms with van der Waals surface area (Å²) in [5.41, 5.74) is 1.34. The first kappa shape index (κ1) is 16.8. The number of benzene rings is 2. The number of para-hydroxylation sites is 2. The molecule has 0 aliphatic carbocycles. The van der Waals surface area contributed by atoms with Gasteiger partial charge in [0, 0.05) is 12.6 Å². The Balaban J connectivity index is 1.41. The highest BCUT2D eigenvalue weighted by Crippen LogP contribution is 2.31. The van der Waals surface area contributed by atoms with Crippen LogP contribution in [0.1, 0.15) is 18.9 Å². The summed E-state index contributed by atoms with van der Waals surface area (Å²) in [4.78, 5) is 0. The standard InChI is InChI=1S/C20H25NO3/c1-15(11-12-16-7-3-2-4-8-16)21-13-17(22)20-14-23-18-9-5-6-10-19(18)24-20/h2-10,15,17,20-22H,11-14H2,1H3. The number of aliphatic hydroxyl groups is 1. The Labute approximate surface area is 143 Å². The fourth-order valence-corrected chi connectivity index (χ4v) is 2.81. The Bertz CT molecular complexity index is 632. The van der Waals surface area contributed by atoms with Gasteiger partial charge >= 0.3 is 0 Å². The zero-order chi connectivity index (χ0) is 16.8. The van der Waals surface area contributed by atoms with Crippen LogP contribution < -0.4 is 14.8 Å². The third-order valence-electron chi connectivity index (χ3n) is 4.34. The summed E-state index contributed by atoms with van der Waals surface area (Å²) in [5.74, 6) is 1.44. The van der Waals surface area contributed by atoms with Crippen LogP contribution in [0, 0.1) is 0 Å². The molecule has 0 saturated carbocycles. The fourth-order valence-electron chi connectivity index (χ4n) is 2.81. The van der Waals surface area contributed by atoms with Crippen LogP contribution in [0.25, 0.3) is 0 Å². The lowest BCUT2D eigenvalue weighted by atomic mass is 10.1. The van der Waals surface area contributed by atoms with E-state index < -0.39 is 6.10 Å². The highest BCUT2D eigenvalue weighted by molar-refractivity contribution is 5.40. The van der Waals surface area contributed by atoms with Crippen molar-refractivity contribution in [2.75, 3.05) is 13.2 Å². The van der Waals surface area contributed by atoms with Crippen molar-refractivity contribution in [1.29, 1.82) is 0 Å². The first-order valence-electron chi connectivity index (χ1n) is 8.56. The average molecular weight is 327 g/mol. The molecule has 0 amide bonds. The van der Waals surface area contributed by atoms with Gasteiger partial charge in [-0.15, -0.1) is 0 Å². The van der Waals surface area contributed by atoms with Gasteiger partial charge in [-0.05, 0) is 37.5 Å². The van der Waals surface area contributed by atoms with Gasteiger partial charge < -0.3 is 19.9 Å². The number of fused-ring (bicyclic) bond motifs is 1. The molecule has 3 atom stereocenters. The van der Waals surface area contributed by atoms with Crippen LogP contribution >= 0.6 is 0 Å². The lowest BCUT2D eigenvalue weighted by molar-refractivity contribution is -0.0100. The van der Waals surface area contributed by atoms with E-state index in [9.17, 15) is 5.11 Å². The molecule has 3 unspecified atom stereocenters. The second-order valence-electron chi connectivity index (χ2n) is 6.31. The van der Waals surface area contributed by atoms with Crippen LogP contribution in [0.3, 0.4) is 0 Å². The molecule has 1 heterocycles. The molecule has 0 bridgehead atoms. The molecule has 24 heavy (non-hydrogen) atoms. The van der Waals surface area contributed by atoms with E-state index in [2.05, 4.69) is 36.5 Å². The zero-order valence-electron chi connectivity index (χ0n) is 14.0. The molecule has 4 heteroatoms. The van der Waals surface area contributed by atoms with Gasteiger partial charge in [-0.3, -0.25) is 0 Å². The summed E-state index contributed by atoms with van der Waals surface area (Å²) >= 11 is 0. The third kappa shape index (κ3) is 4.49. The topological polar surface area (TPSA) is 50.7 Å². The van der Waals surface area contributed by atoms with Gasteiger partial charge in [0.05, 0.1) is 0 Å². The van der Waals surface area contributed by atoms with Crippen molar-refractivity contribution >= 4 is 0 Å². The second kappa shape index (κ2) is 8.18. The predicted molar refractivity (Wildman–Crippen MR) is 94.6 cm³/mol. The van der Waals surface area contributed by atoms with E-state index in [1.807, 2.05) is 30.3 Å². The van der Waals surface area contributed by atoms with E-state index >= 15 is 0 Å². The highest BCUT2D eigenvalue weighted by Gasteiger charge is 2.27. The molecular weight excluding hydrogens is 302 g/mol. The van der Waals surface area contributed by atoms with Gasteiger partial charge in [-0.1, -0.05) is 42.5 Å². The monoisotopic (exact) mass is 327 g/mol. The molecule has 1 aliphatic heterocycles. The van der Waals surface area contributed by atoms with Crippen molar-refractivity contribution in [3.8, 4) is 11.5 Å². The molecule has 2 N–H and O–H groups in total. The van der Waals surface area contributed by atoms with Gasteiger partial charge in [-0.2, -0.15) is 0 Å². The Hall–Kier alpha value is -2.04. The van der Waals surface area contributed by atoms with Crippen molar-refractivity contribution in [3.05, 3.63) is 60.2 Å². The molecule has 0 aromatic heterocycles. The van der Waals surface area contributed by atoms with Gasteiger partial charge in [-0.25, -0.2) is 0 Å². The Morgan fingerprint density at radius 3 is 2.58 bits per heavy atom. The van der Waals surface area contributed by atoms with Crippen molar-refractivity contribution in [2.45, 2.75) is 38.0 Å². The molecule has 0 radical (unpaired) electrons. The SMILES string of the molecule is CC(CCc1ccccc1)NCC(O)C1COc2ccccc2O1. The molecule has 128 valence electrons. The minimum atomic E-state index is -0.600. The predicted octanol–water partition coefficient (Wildman–Crippen LogP) is 2.80. The van der Waals surface area contributed by atoms with Crippen molar-refractivity contribution in [1.82, 2.24) is 5.32 Å². The summed E-state index contributed by atoms with van der Waals surface area (Å²) < 4.78 is 11.5. The van der Waals surface area contributed by atoms with Crippen LogP contribution in [-0.4, -0.2) is 36.5 Å². The largest absolute Gasteiger partial charge is 0.486 e. The second-order valence-corrected chi connectivity index (χ2v) is 6.31. The average Bonchev–Trinajstić information content (AvgIpc) is 2.65. The van der Waals surface area contributed by atoms with Gasteiger partial charge in [0.15, 0.2) is 17.6 Å². The molecule has 0 fully saturated rings. The van der Waals surface area contributed by atoms with E-state index in [1.54, 1.807) is 0 Å². The minimum absolute atomic E-state index is 0.330. The molecule has 0 spiro atoms. The number of hydrogen-bond donors (Lipinski definition) is 2. The zero-order valence-corrected chi connectivity index (χ0v) is 14.0. The molecule has 4 nitrogen and oxygen atoms in total. The number of nitrogens with one attached hydrogen (secondary N) is 1. The first-order chi connectivity index (χ1) is 11.7. The lowest BCUT2D eigenvalue weighted by Gasteiger charge is -2.30. The molecule has 2 aromatic rings. The van der Waals surface area contributed by atoms with E-state index in [4.69, 9.17) is 9.47 Å². The summed E-state index contributed by atoms with van der Waals surface area (Å²) in [6, 6.07) is 18.3. The van der Waals surface area contributed by atoms with Crippen molar-refractivity contribution in [3.63, 3.8) is 0 Å². The van der Waals surface area contributed by atoms with Gasteiger partial charge in [0.1, 0.15) is 12.7 Å². The van der Waals surface area contributed by atoms with Crippen LogP contribution in [0.5, 0.6) is 11.5 Å². The van der Waals surface area contributed by atoms with Crippen LogP contribution in [-0.2, 0) is 6.42 Å². The molecule has 0 saturated heterocycles. The molecular formula is C20H25NO3. The van der Waals surface area contributed by atoms with Crippen LogP contribution in [0.15, 0.2) is 54.6 Å². The van der Waals surface area contributed by atoms with Crippen molar-refractivity contribution in [2.24, 2.45) is 0 Å². The van der Waals surface area contributed by atoms with E-state index in [-0.39, 0.29) is 6.10 Å². The number of aryl methyl sites for hydroxylation is 1. The summed E-state index contributed by atoms with van der Waals surface area (Å²) in [5, 5.41) is 13.8. The summed E-state index contributed by atoms with van der Waals surface area (Å²) in [6.07, 6.45) is 1.12. The number of hydrogen-bond acceptors (Lipinski definition) is 4. The van der Waals surface area contributed by atoms with E-state index in [0.29, 0.717) is 24.9 Å².